The fourth-order valence-electron chi connectivity index (χ4n) is 2.28. The van der Waals surface area contributed by atoms with Gasteiger partial charge in [0, 0.05) is 5.69 Å². The summed E-state index contributed by atoms with van der Waals surface area (Å²) in [6, 6.07) is 15.3. The van der Waals surface area contributed by atoms with E-state index in [9.17, 15) is 4.79 Å². The van der Waals surface area contributed by atoms with E-state index in [-0.39, 0.29) is 16.6 Å². The molecule has 0 aliphatic carbocycles. The van der Waals surface area contributed by atoms with Gasteiger partial charge in [0.05, 0.1) is 16.6 Å². The molecule has 0 amide bonds. The Morgan fingerprint density at radius 1 is 1.24 bits per heavy atom. The van der Waals surface area contributed by atoms with E-state index in [0.717, 1.165) is 18.5 Å². The first-order chi connectivity index (χ1) is 10.1. The molecule has 2 aromatic rings. The van der Waals surface area contributed by atoms with Crippen LogP contribution in [0.25, 0.3) is 0 Å². The van der Waals surface area contributed by atoms with Crippen LogP contribution in [0.5, 0.6) is 0 Å². The van der Waals surface area contributed by atoms with Crippen LogP contribution >= 0.6 is 11.6 Å². The van der Waals surface area contributed by atoms with Crippen LogP contribution in [0.1, 0.15) is 41.7 Å². The molecule has 0 saturated heterocycles. The Balaban J connectivity index is 2.25. The minimum absolute atomic E-state index is 0.116. The molecule has 21 heavy (non-hydrogen) atoms. The van der Waals surface area contributed by atoms with Crippen LogP contribution in [0, 0.1) is 0 Å². The number of rotatable bonds is 6. The molecule has 0 heterocycles. The van der Waals surface area contributed by atoms with Gasteiger partial charge in [-0.1, -0.05) is 55.3 Å². The van der Waals surface area contributed by atoms with E-state index in [0.29, 0.717) is 0 Å². The highest BCUT2D eigenvalue weighted by Gasteiger charge is 2.13. The van der Waals surface area contributed by atoms with Crippen LogP contribution in [-0.2, 0) is 0 Å². The van der Waals surface area contributed by atoms with Gasteiger partial charge in [-0.05, 0) is 30.2 Å². The SMILES string of the molecule is CCCC(Nc1ccc(Cl)c(C(=O)O)c1)c1ccccc1. The summed E-state index contributed by atoms with van der Waals surface area (Å²) in [7, 11) is 0. The largest absolute Gasteiger partial charge is 0.478 e. The fraction of sp³-hybridized carbons (Fsp3) is 0.235. The lowest BCUT2D eigenvalue weighted by atomic mass is 10.0. The number of nitrogens with one attached hydrogen (secondary N) is 1. The number of carboxylic acid groups (broad SMARTS) is 1. The molecule has 0 fully saturated rings. The molecule has 4 heteroatoms. The normalized spacial score (nSPS) is 11.9. The highest BCUT2D eigenvalue weighted by Crippen LogP contribution is 2.26. The van der Waals surface area contributed by atoms with Gasteiger partial charge < -0.3 is 10.4 Å². The molecule has 110 valence electrons. The van der Waals surface area contributed by atoms with Crippen molar-refractivity contribution in [2.45, 2.75) is 25.8 Å². The third-order valence-electron chi connectivity index (χ3n) is 3.32. The summed E-state index contributed by atoms with van der Waals surface area (Å²) in [4.78, 5) is 11.1. The van der Waals surface area contributed by atoms with Gasteiger partial charge in [0.15, 0.2) is 0 Å². The van der Waals surface area contributed by atoms with Crippen LogP contribution in [0.2, 0.25) is 5.02 Å². The van der Waals surface area contributed by atoms with E-state index in [1.54, 1.807) is 18.2 Å². The molecule has 0 aliphatic rings. The van der Waals surface area contributed by atoms with Crippen LogP contribution < -0.4 is 5.32 Å². The first kappa shape index (κ1) is 15.4. The second kappa shape index (κ2) is 7.14. The summed E-state index contributed by atoms with van der Waals surface area (Å²) in [5.41, 5.74) is 2.07. The summed E-state index contributed by atoms with van der Waals surface area (Å²) < 4.78 is 0. The molecular formula is C17H18ClNO2. The number of hydrogen-bond donors (Lipinski definition) is 2. The molecule has 3 nitrogen and oxygen atoms in total. The maximum Gasteiger partial charge on any atom is 0.337 e. The molecular weight excluding hydrogens is 286 g/mol. The van der Waals surface area contributed by atoms with Crippen molar-refractivity contribution in [1.82, 2.24) is 0 Å². The van der Waals surface area contributed by atoms with Gasteiger partial charge in [0.1, 0.15) is 0 Å². The standard InChI is InChI=1S/C17H18ClNO2/c1-2-6-16(12-7-4-3-5-8-12)19-13-9-10-15(18)14(11-13)17(20)21/h3-5,7-11,16,19H,2,6H2,1H3,(H,20,21). The first-order valence-electron chi connectivity index (χ1n) is 6.96. The lowest BCUT2D eigenvalue weighted by molar-refractivity contribution is 0.0697. The molecule has 0 saturated carbocycles. The Morgan fingerprint density at radius 2 is 1.95 bits per heavy atom. The van der Waals surface area contributed by atoms with E-state index in [2.05, 4.69) is 24.4 Å². The summed E-state index contributed by atoms with van der Waals surface area (Å²) in [5.74, 6) is -1.02. The third kappa shape index (κ3) is 3.99. The minimum atomic E-state index is -1.02. The summed E-state index contributed by atoms with van der Waals surface area (Å²) in [5, 5.41) is 12.8. The van der Waals surface area contributed by atoms with Crippen molar-refractivity contribution in [3.63, 3.8) is 0 Å². The van der Waals surface area contributed by atoms with Gasteiger partial charge in [-0.2, -0.15) is 0 Å². The second-order valence-electron chi connectivity index (χ2n) is 4.90. The van der Waals surface area contributed by atoms with Gasteiger partial charge in [0.2, 0.25) is 0 Å². The zero-order valence-corrected chi connectivity index (χ0v) is 12.6. The molecule has 2 aromatic carbocycles. The van der Waals surface area contributed by atoms with Crippen molar-refractivity contribution in [3.8, 4) is 0 Å². The van der Waals surface area contributed by atoms with E-state index < -0.39 is 5.97 Å². The number of benzene rings is 2. The molecule has 0 aromatic heterocycles. The number of aromatic carboxylic acids is 1. The predicted molar refractivity (Wildman–Crippen MR) is 86.1 cm³/mol. The van der Waals surface area contributed by atoms with Gasteiger partial charge in [-0.15, -0.1) is 0 Å². The molecule has 1 unspecified atom stereocenters. The topological polar surface area (TPSA) is 49.3 Å². The summed E-state index contributed by atoms with van der Waals surface area (Å²) in [6.45, 7) is 2.13. The summed E-state index contributed by atoms with van der Waals surface area (Å²) in [6.07, 6.45) is 2.00. The Kier molecular flexibility index (Phi) is 5.23. The average molecular weight is 304 g/mol. The van der Waals surface area contributed by atoms with E-state index >= 15 is 0 Å². The molecule has 1 atom stereocenters. The zero-order valence-electron chi connectivity index (χ0n) is 11.8. The zero-order chi connectivity index (χ0) is 15.2. The van der Waals surface area contributed by atoms with E-state index in [1.807, 2.05) is 18.2 Å². The average Bonchev–Trinajstić information content (AvgIpc) is 2.49. The van der Waals surface area contributed by atoms with Crippen LogP contribution in [0.15, 0.2) is 48.5 Å². The maximum absolute atomic E-state index is 11.1. The number of carbonyl (C=O) groups is 1. The quantitative estimate of drug-likeness (QED) is 0.790. The van der Waals surface area contributed by atoms with Crippen molar-refractivity contribution in [3.05, 3.63) is 64.7 Å². The molecule has 0 spiro atoms. The highest BCUT2D eigenvalue weighted by atomic mass is 35.5. The molecule has 0 aliphatic heterocycles. The monoisotopic (exact) mass is 303 g/mol. The van der Waals surface area contributed by atoms with Gasteiger partial charge in [-0.3, -0.25) is 0 Å². The number of anilines is 1. The number of carboxylic acids is 1. The summed E-state index contributed by atoms with van der Waals surface area (Å²) >= 11 is 5.90. The Hall–Kier alpha value is -2.00. The number of halogens is 1. The van der Waals surface area contributed by atoms with Crippen LogP contribution in [0.4, 0.5) is 5.69 Å². The van der Waals surface area contributed by atoms with Crippen LogP contribution in [0.3, 0.4) is 0 Å². The number of hydrogen-bond acceptors (Lipinski definition) is 2. The molecule has 0 bridgehead atoms. The van der Waals surface area contributed by atoms with Gasteiger partial charge in [0.25, 0.3) is 0 Å². The Bertz CT molecular complexity index is 613. The Morgan fingerprint density at radius 3 is 2.57 bits per heavy atom. The Labute approximate surface area is 129 Å². The van der Waals surface area contributed by atoms with Gasteiger partial charge >= 0.3 is 5.97 Å². The first-order valence-corrected chi connectivity index (χ1v) is 7.34. The van der Waals surface area contributed by atoms with Crippen molar-refractivity contribution >= 4 is 23.3 Å². The fourth-order valence-corrected chi connectivity index (χ4v) is 2.47. The van der Waals surface area contributed by atoms with Crippen molar-refractivity contribution in [2.24, 2.45) is 0 Å². The smallest absolute Gasteiger partial charge is 0.337 e. The van der Waals surface area contributed by atoms with Gasteiger partial charge in [-0.25, -0.2) is 4.79 Å². The molecule has 0 radical (unpaired) electrons. The van der Waals surface area contributed by atoms with Crippen LogP contribution in [-0.4, -0.2) is 11.1 Å². The highest BCUT2D eigenvalue weighted by molar-refractivity contribution is 6.33. The minimum Gasteiger partial charge on any atom is -0.478 e. The predicted octanol–water partition coefficient (Wildman–Crippen LogP) is 4.99. The van der Waals surface area contributed by atoms with Crippen molar-refractivity contribution < 1.29 is 9.90 Å². The lowest BCUT2D eigenvalue weighted by Crippen LogP contribution is -2.11. The van der Waals surface area contributed by atoms with Crippen molar-refractivity contribution in [2.75, 3.05) is 5.32 Å². The maximum atomic E-state index is 11.1. The third-order valence-corrected chi connectivity index (χ3v) is 3.65. The second-order valence-corrected chi connectivity index (χ2v) is 5.30. The van der Waals surface area contributed by atoms with E-state index in [1.165, 1.54) is 5.56 Å². The van der Waals surface area contributed by atoms with Crippen molar-refractivity contribution in [1.29, 1.82) is 0 Å². The lowest BCUT2D eigenvalue weighted by Gasteiger charge is -2.20. The molecule has 2 N–H and O–H groups in total. The molecule has 2 rings (SSSR count). The van der Waals surface area contributed by atoms with E-state index in [4.69, 9.17) is 16.7 Å².